The van der Waals surface area contributed by atoms with Crippen molar-refractivity contribution in [2.75, 3.05) is 39.3 Å². The number of amides is 1. The average molecular weight is 277 g/mol. The molecule has 1 unspecified atom stereocenters. The van der Waals surface area contributed by atoms with Crippen LogP contribution in [0.3, 0.4) is 0 Å². The molecule has 1 atom stereocenters. The molecule has 2 fully saturated rings. The molecule has 0 N–H and O–H groups in total. The molecule has 0 spiro atoms. The number of aromatic nitrogens is 1. The largest absolute Gasteiger partial charge is 0.377 e. The first-order valence-electron chi connectivity index (χ1n) is 7.48. The van der Waals surface area contributed by atoms with Gasteiger partial charge in [0.15, 0.2) is 0 Å². The third kappa shape index (κ3) is 2.88. The minimum Gasteiger partial charge on any atom is -0.377 e. The van der Waals surface area contributed by atoms with Gasteiger partial charge in [-0.3, -0.25) is 9.69 Å². The minimum atomic E-state index is 0.147. The van der Waals surface area contributed by atoms with Crippen molar-refractivity contribution in [3.8, 4) is 0 Å². The van der Waals surface area contributed by atoms with Gasteiger partial charge >= 0.3 is 0 Å². The molecule has 0 saturated carbocycles. The predicted octanol–water partition coefficient (Wildman–Crippen LogP) is 0.962. The molecule has 5 heteroatoms. The fourth-order valence-electron chi connectivity index (χ4n) is 3.06. The Kier molecular flexibility index (Phi) is 4.08. The fourth-order valence-corrected chi connectivity index (χ4v) is 3.06. The maximum atomic E-state index is 12.4. The van der Waals surface area contributed by atoms with Crippen LogP contribution in [0.5, 0.6) is 0 Å². The van der Waals surface area contributed by atoms with Gasteiger partial charge in [0.05, 0.1) is 6.10 Å². The van der Waals surface area contributed by atoms with Gasteiger partial charge in [-0.1, -0.05) is 0 Å². The van der Waals surface area contributed by atoms with Gasteiger partial charge in [0.25, 0.3) is 5.91 Å². The van der Waals surface area contributed by atoms with E-state index in [1.165, 1.54) is 12.8 Å². The summed E-state index contributed by atoms with van der Waals surface area (Å²) in [5.41, 5.74) is 0.776. The van der Waals surface area contributed by atoms with Crippen molar-refractivity contribution in [1.29, 1.82) is 0 Å². The van der Waals surface area contributed by atoms with Crippen LogP contribution in [0.2, 0.25) is 0 Å². The third-order valence-corrected chi connectivity index (χ3v) is 4.31. The zero-order valence-electron chi connectivity index (χ0n) is 12.1. The van der Waals surface area contributed by atoms with Gasteiger partial charge in [-0.05, 0) is 25.0 Å². The SMILES string of the molecule is Cn1cccc1C(=O)N1CCN(CC2CCCO2)CC1. The second-order valence-corrected chi connectivity index (χ2v) is 5.73. The molecule has 20 heavy (non-hydrogen) atoms. The standard InChI is InChI=1S/C15H23N3O2/c1-16-6-2-5-14(16)15(19)18-9-7-17(8-10-18)12-13-4-3-11-20-13/h2,5-6,13H,3-4,7-12H2,1H3. The Morgan fingerprint density at radius 3 is 2.75 bits per heavy atom. The smallest absolute Gasteiger partial charge is 0.270 e. The van der Waals surface area contributed by atoms with Gasteiger partial charge in [0.2, 0.25) is 0 Å². The maximum absolute atomic E-state index is 12.4. The van der Waals surface area contributed by atoms with Crippen LogP contribution in [0.25, 0.3) is 0 Å². The van der Waals surface area contributed by atoms with Crippen molar-refractivity contribution in [3.63, 3.8) is 0 Å². The summed E-state index contributed by atoms with van der Waals surface area (Å²) < 4.78 is 7.57. The number of carbonyl (C=O) groups is 1. The van der Waals surface area contributed by atoms with E-state index in [0.29, 0.717) is 6.10 Å². The number of carbonyl (C=O) groups excluding carboxylic acids is 1. The molecular weight excluding hydrogens is 254 g/mol. The number of hydrogen-bond donors (Lipinski definition) is 0. The van der Waals surface area contributed by atoms with Crippen molar-refractivity contribution in [3.05, 3.63) is 24.0 Å². The zero-order chi connectivity index (χ0) is 13.9. The molecule has 1 aromatic heterocycles. The van der Waals surface area contributed by atoms with Crippen LogP contribution in [0.1, 0.15) is 23.3 Å². The van der Waals surface area contributed by atoms with E-state index in [1.807, 2.05) is 34.8 Å². The van der Waals surface area contributed by atoms with Gasteiger partial charge in [-0.15, -0.1) is 0 Å². The molecule has 0 aliphatic carbocycles. The van der Waals surface area contributed by atoms with E-state index in [2.05, 4.69) is 4.90 Å². The van der Waals surface area contributed by atoms with Crippen LogP contribution in [0, 0.1) is 0 Å². The molecule has 0 bridgehead atoms. The second-order valence-electron chi connectivity index (χ2n) is 5.73. The van der Waals surface area contributed by atoms with E-state index in [-0.39, 0.29) is 5.91 Å². The molecule has 0 radical (unpaired) electrons. The number of hydrogen-bond acceptors (Lipinski definition) is 3. The van der Waals surface area contributed by atoms with Crippen molar-refractivity contribution < 1.29 is 9.53 Å². The topological polar surface area (TPSA) is 37.7 Å². The lowest BCUT2D eigenvalue weighted by Crippen LogP contribution is -2.50. The number of aryl methyl sites for hydroxylation is 1. The van der Waals surface area contributed by atoms with E-state index in [0.717, 1.165) is 45.0 Å². The number of nitrogens with zero attached hydrogens (tertiary/aromatic N) is 3. The Morgan fingerprint density at radius 2 is 2.15 bits per heavy atom. The predicted molar refractivity (Wildman–Crippen MR) is 76.7 cm³/mol. The Balaban J connectivity index is 1.50. The van der Waals surface area contributed by atoms with Crippen molar-refractivity contribution in [1.82, 2.24) is 14.4 Å². The Labute approximate surface area is 120 Å². The highest BCUT2D eigenvalue weighted by Crippen LogP contribution is 2.15. The molecule has 1 amide bonds. The summed E-state index contributed by atoms with van der Waals surface area (Å²) in [5, 5.41) is 0. The van der Waals surface area contributed by atoms with Crippen molar-refractivity contribution >= 4 is 5.91 Å². The van der Waals surface area contributed by atoms with Crippen molar-refractivity contribution in [2.45, 2.75) is 18.9 Å². The summed E-state index contributed by atoms with van der Waals surface area (Å²) >= 11 is 0. The third-order valence-electron chi connectivity index (χ3n) is 4.31. The maximum Gasteiger partial charge on any atom is 0.270 e. The van der Waals surface area contributed by atoms with Gasteiger partial charge in [0, 0.05) is 52.6 Å². The molecule has 2 saturated heterocycles. The normalized spacial score (nSPS) is 24.2. The molecule has 0 aromatic carbocycles. The lowest BCUT2D eigenvalue weighted by atomic mass is 10.2. The van der Waals surface area contributed by atoms with Crippen LogP contribution in [0.15, 0.2) is 18.3 Å². The number of ether oxygens (including phenoxy) is 1. The van der Waals surface area contributed by atoms with Gasteiger partial charge in [-0.25, -0.2) is 0 Å². The second kappa shape index (κ2) is 5.97. The average Bonchev–Trinajstić information content (AvgIpc) is 3.10. The summed E-state index contributed by atoms with van der Waals surface area (Å²) in [5.74, 6) is 0.147. The van der Waals surface area contributed by atoms with Crippen molar-refractivity contribution in [2.24, 2.45) is 7.05 Å². The van der Waals surface area contributed by atoms with Gasteiger partial charge in [0.1, 0.15) is 5.69 Å². The molecular formula is C15H23N3O2. The molecule has 3 rings (SSSR count). The number of piperazine rings is 1. The summed E-state index contributed by atoms with van der Waals surface area (Å²) in [4.78, 5) is 16.8. The lowest BCUT2D eigenvalue weighted by Gasteiger charge is -2.35. The highest BCUT2D eigenvalue weighted by molar-refractivity contribution is 5.92. The first-order valence-corrected chi connectivity index (χ1v) is 7.48. The van der Waals surface area contributed by atoms with E-state index >= 15 is 0 Å². The summed E-state index contributed by atoms with van der Waals surface area (Å²) in [6, 6.07) is 3.81. The van der Waals surface area contributed by atoms with Crippen LogP contribution in [-0.2, 0) is 11.8 Å². The van der Waals surface area contributed by atoms with Crippen LogP contribution in [0.4, 0.5) is 0 Å². The molecule has 110 valence electrons. The Hall–Kier alpha value is -1.33. The monoisotopic (exact) mass is 277 g/mol. The minimum absolute atomic E-state index is 0.147. The van der Waals surface area contributed by atoms with E-state index in [1.54, 1.807) is 0 Å². The summed E-state index contributed by atoms with van der Waals surface area (Å²) in [6.45, 7) is 5.47. The lowest BCUT2D eigenvalue weighted by molar-refractivity contribution is 0.0428. The van der Waals surface area contributed by atoms with Gasteiger partial charge in [-0.2, -0.15) is 0 Å². The first kappa shape index (κ1) is 13.6. The number of rotatable bonds is 3. The van der Waals surface area contributed by atoms with E-state index in [4.69, 9.17) is 4.74 Å². The molecule has 2 aliphatic rings. The van der Waals surface area contributed by atoms with Crippen LogP contribution in [-0.4, -0.2) is 65.7 Å². The fraction of sp³-hybridized carbons (Fsp3) is 0.667. The highest BCUT2D eigenvalue weighted by atomic mass is 16.5. The molecule has 5 nitrogen and oxygen atoms in total. The highest BCUT2D eigenvalue weighted by Gasteiger charge is 2.26. The van der Waals surface area contributed by atoms with E-state index in [9.17, 15) is 4.79 Å². The zero-order valence-corrected chi connectivity index (χ0v) is 12.1. The van der Waals surface area contributed by atoms with Crippen LogP contribution < -0.4 is 0 Å². The van der Waals surface area contributed by atoms with Gasteiger partial charge < -0.3 is 14.2 Å². The first-order chi connectivity index (χ1) is 9.74. The quantitative estimate of drug-likeness (QED) is 0.826. The molecule has 3 heterocycles. The summed E-state index contributed by atoms with van der Waals surface area (Å²) in [7, 11) is 1.92. The Morgan fingerprint density at radius 1 is 1.35 bits per heavy atom. The molecule has 2 aliphatic heterocycles. The molecule has 1 aromatic rings. The summed E-state index contributed by atoms with van der Waals surface area (Å²) in [6.07, 6.45) is 4.70. The van der Waals surface area contributed by atoms with Crippen LogP contribution >= 0.6 is 0 Å². The van der Waals surface area contributed by atoms with E-state index < -0.39 is 0 Å². The Bertz CT molecular complexity index is 457.